The molecule has 1 atom stereocenters. The maximum Gasteiger partial charge on any atom is 0.250 e. The molecule has 0 bridgehead atoms. The average molecular weight is 261 g/mol. The monoisotopic (exact) mass is 261 g/mol. The van der Waals surface area contributed by atoms with E-state index < -0.39 is 10.0 Å². The second kappa shape index (κ2) is 5.27. The van der Waals surface area contributed by atoms with Crippen molar-refractivity contribution >= 4 is 21.4 Å². The normalized spacial score (nSPS) is 21.4. The van der Waals surface area contributed by atoms with Crippen LogP contribution in [0.3, 0.4) is 0 Å². The van der Waals surface area contributed by atoms with E-state index in [4.69, 9.17) is 4.74 Å². The van der Waals surface area contributed by atoms with E-state index in [0.29, 0.717) is 10.8 Å². The topological polar surface area (TPSA) is 55.4 Å². The molecule has 4 nitrogen and oxygen atoms in total. The van der Waals surface area contributed by atoms with E-state index in [2.05, 4.69) is 4.72 Å². The number of ether oxygens (including phenoxy) is 1. The Bertz CT molecular complexity index is 407. The van der Waals surface area contributed by atoms with Crippen LogP contribution < -0.4 is 4.72 Å². The molecule has 2 rings (SSSR count). The van der Waals surface area contributed by atoms with E-state index >= 15 is 0 Å². The van der Waals surface area contributed by atoms with Gasteiger partial charge in [0.15, 0.2) is 0 Å². The maximum atomic E-state index is 11.7. The molecular formula is C10H15NO3S2. The molecule has 0 amide bonds. The van der Waals surface area contributed by atoms with Gasteiger partial charge in [0.2, 0.25) is 10.0 Å². The van der Waals surface area contributed by atoms with Gasteiger partial charge in [-0.1, -0.05) is 6.07 Å². The van der Waals surface area contributed by atoms with Gasteiger partial charge in [-0.3, -0.25) is 0 Å². The summed E-state index contributed by atoms with van der Waals surface area (Å²) in [5, 5.41) is 1.76. The summed E-state index contributed by atoms with van der Waals surface area (Å²) in [6.07, 6.45) is 3.11. The Morgan fingerprint density at radius 2 is 2.44 bits per heavy atom. The van der Waals surface area contributed by atoms with Crippen molar-refractivity contribution in [3.63, 3.8) is 0 Å². The lowest BCUT2D eigenvalue weighted by Crippen LogP contribution is -2.26. The molecule has 6 heteroatoms. The fourth-order valence-corrected chi connectivity index (χ4v) is 3.80. The molecule has 0 aliphatic carbocycles. The summed E-state index contributed by atoms with van der Waals surface area (Å²) in [5.74, 6) is 0. The highest BCUT2D eigenvalue weighted by Gasteiger charge is 2.18. The van der Waals surface area contributed by atoms with Crippen LogP contribution in [0.15, 0.2) is 21.7 Å². The molecule has 16 heavy (non-hydrogen) atoms. The maximum absolute atomic E-state index is 11.7. The summed E-state index contributed by atoms with van der Waals surface area (Å²) in [6.45, 7) is 1.26. The molecule has 1 N–H and O–H groups in total. The molecule has 90 valence electrons. The molecule has 2 heterocycles. The van der Waals surface area contributed by atoms with Crippen molar-refractivity contribution in [2.45, 2.75) is 29.6 Å². The number of hydrogen-bond acceptors (Lipinski definition) is 4. The number of sulfonamides is 1. The number of thiophene rings is 1. The van der Waals surface area contributed by atoms with Crippen LogP contribution in [0.1, 0.15) is 19.3 Å². The van der Waals surface area contributed by atoms with Crippen LogP contribution in [-0.2, 0) is 14.8 Å². The van der Waals surface area contributed by atoms with Gasteiger partial charge in [0, 0.05) is 13.2 Å². The number of rotatable bonds is 5. The van der Waals surface area contributed by atoms with Gasteiger partial charge in [-0.25, -0.2) is 13.1 Å². The molecule has 1 aromatic rings. The Kier molecular flexibility index (Phi) is 3.96. The van der Waals surface area contributed by atoms with Crippen LogP contribution in [-0.4, -0.2) is 27.7 Å². The first-order valence-electron chi connectivity index (χ1n) is 5.33. The van der Waals surface area contributed by atoms with Crippen LogP contribution >= 0.6 is 11.3 Å². The Hall–Kier alpha value is -0.430. The lowest BCUT2D eigenvalue weighted by Gasteiger charge is -2.09. The second-order valence-corrected chi connectivity index (χ2v) is 6.70. The van der Waals surface area contributed by atoms with E-state index in [-0.39, 0.29) is 6.10 Å². The fraction of sp³-hybridized carbons (Fsp3) is 0.600. The van der Waals surface area contributed by atoms with Crippen molar-refractivity contribution in [3.05, 3.63) is 17.5 Å². The zero-order valence-electron chi connectivity index (χ0n) is 8.89. The van der Waals surface area contributed by atoms with Gasteiger partial charge in [0.05, 0.1) is 6.10 Å². The van der Waals surface area contributed by atoms with Gasteiger partial charge in [0.25, 0.3) is 0 Å². The standard InChI is InChI=1S/C10H15NO3S2/c12-16(13,10-4-2-8-15-10)11-6-5-9-3-1-7-14-9/h2,4,8-9,11H,1,3,5-7H2/t9-/m0/s1. The Balaban J connectivity index is 1.81. The Morgan fingerprint density at radius 3 is 3.06 bits per heavy atom. The first-order chi connectivity index (χ1) is 7.68. The van der Waals surface area contributed by atoms with Gasteiger partial charge < -0.3 is 4.74 Å². The molecule has 1 fully saturated rings. The quantitative estimate of drug-likeness (QED) is 0.876. The molecule has 0 saturated carbocycles. The summed E-state index contributed by atoms with van der Waals surface area (Å²) in [5.41, 5.74) is 0. The Morgan fingerprint density at radius 1 is 1.56 bits per heavy atom. The lowest BCUT2D eigenvalue weighted by atomic mass is 10.2. The van der Waals surface area contributed by atoms with Crippen molar-refractivity contribution in [2.24, 2.45) is 0 Å². The summed E-state index contributed by atoms with van der Waals surface area (Å²) >= 11 is 1.23. The van der Waals surface area contributed by atoms with Crippen LogP contribution in [0, 0.1) is 0 Å². The van der Waals surface area contributed by atoms with E-state index in [1.807, 2.05) is 0 Å². The summed E-state index contributed by atoms with van der Waals surface area (Å²) in [4.78, 5) is 0. The fourth-order valence-electron chi connectivity index (χ4n) is 1.71. The van der Waals surface area contributed by atoms with Gasteiger partial charge in [0.1, 0.15) is 4.21 Å². The summed E-state index contributed by atoms with van der Waals surface area (Å²) in [7, 11) is -3.30. The molecule has 0 radical (unpaired) electrons. The van der Waals surface area contributed by atoms with Crippen LogP contribution in [0.4, 0.5) is 0 Å². The summed E-state index contributed by atoms with van der Waals surface area (Å²) < 4.78 is 31.8. The van der Waals surface area contributed by atoms with E-state index in [0.717, 1.165) is 25.9 Å². The van der Waals surface area contributed by atoms with Gasteiger partial charge in [-0.15, -0.1) is 11.3 Å². The van der Waals surface area contributed by atoms with Gasteiger partial charge in [-0.05, 0) is 30.7 Å². The van der Waals surface area contributed by atoms with Crippen molar-refractivity contribution in [1.29, 1.82) is 0 Å². The SMILES string of the molecule is O=S(=O)(NCC[C@@H]1CCCO1)c1cccs1. The van der Waals surface area contributed by atoms with E-state index in [1.165, 1.54) is 11.3 Å². The lowest BCUT2D eigenvalue weighted by molar-refractivity contribution is 0.105. The minimum absolute atomic E-state index is 0.228. The second-order valence-electron chi connectivity index (χ2n) is 3.75. The average Bonchev–Trinajstić information content (AvgIpc) is 2.90. The Labute approximate surface area is 99.7 Å². The van der Waals surface area contributed by atoms with Crippen LogP contribution in [0.25, 0.3) is 0 Å². The molecule has 1 aromatic heterocycles. The largest absolute Gasteiger partial charge is 0.378 e. The van der Waals surface area contributed by atoms with Crippen molar-refractivity contribution < 1.29 is 13.2 Å². The summed E-state index contributed by atoms with van der Waals surface area (Å²) in [6, 6.07) is 3.35. The highest BCUT2D eigenvalue weighted by Crippen LogP contribution is 2.17. The zero-order valence-corrected chi connectivity index (χ0v) is 10.5. The first-order valence-corrected chi connectivity index (χ1v) is 7.69. The third-order valence-corrected chi connectivity index (χ3v) is 5.40. The zero-order chi connectivity index (χ0) is 11.4. The minimum atomic E-state index is -3.30. The number of hydrogen-bond donors (Lipinski definition) is 1. The molecule has 1 aliphatic rings. The molecule has 1 saturated heterocycles. The highest BCUT2D eigenvalue weighted by atomic mass is 32.2. The van der Waals surface area contributed by atoms with Crippen LogP contribution in [0.2, 0.25) is 0 Å². The predicted molar refractivity (Wildman–Crippen MR) is 63.1 cm³/mol. The van der Waals surface area contributed by atoms with Crippen molar-refractivity contribution in [3.8, 4) is 0 Å². The third-order valence-electron chi connectivity index (χ3n) is 2.54. The molecule has 0 unspecified atom stereocenters. The predicted octanol–water partition coefficient (Wildman–Crippen LogP) is 1.60. The third kappa shape index (κ3) is 3.04. The van der Waals surface area contributed by atoms with E-state index in [1.54, 1.807) is 17.5 Å². The van der Waals surface area contributed by atoms with Crippen molar-refractivity contribution in [1.82, 2.24) is 4.72 Å². The molecule has 1 aliphatic heterocycles. The van der Waals surface area contributed by atoms with Gasteiger partial charge in [-0.2, -0.15) is 0 Å². The van der Waals surface area contributed by atoms with Gasteiger partial charge >= 0.3 is 0 Å². The molecule has 0 aromatic carbocycles. The molecule has 0 spiro atoms. The first kappa shape index (κ1) is 12.0. The molecular weight excluding hydrogens is 246 g/mol. The smallest absolute Gasteiger partial charge is 0.250 e. The van der Waals surface area contributed by atoms with E-state index in [9.17, 15) is 8.42 Å². The van der Waals surface area contributed by atoms with Crippen molar-refractivity contribution in [2.75, 3.05) is 13.2 Å². The number of nitrogens with one attached hydrogen (secondary N) is 1. The van der Waals surface area contributed by atoms with Crippen LogP contribution in [0.5, 0.6) is 0 Å². The highest BCUT2D eigenvalue weighted by molar-refractivity contribution is 7.91. The minimum Gasteiger partial charge on any atom is -0.378 e.